The van der Waals surface area contributed by atoms with Gasteiger partial charge in [0, 0.05) is 12.1 Å². The molecule has 14 heteroatoms. The van der Waals surface area contributed by atoms with Crippen LogP contribution in [0.4, 0.5) is 26.5 Å². The molecular formula is C23H30FN9O4. The number of nitrogens with one attached hydrogen (secondary N) is 3. The minimum absolute atomic E-state index is 0.0194. The molecule has 0 aliphatic heterocycles. The van der Waals surface area contributed by atoms with Gasteiger partial charge in [-0.15, -0.1) is 5.10 Å². The number of nitrogens with zero attached hydrogens (tertiary/aromatic N) is 5. The fraction of sp³-hybridized carbons (Fsp3) is 0.391. The summed E-state index contributed by atoms with van der Waals surface area (Å²) in [6.45, 7) is 7.77. The van der Waals surface area contributed by atoms with Gasteiger partial charge in [0.15, 0.2) is 11.6 Å². The molecule has 3 heterocycles. The van der Waals surface area contributed by atoms with Gasteiger partial charge in [0.05, 0.1) is 36.4 Å². The van der Waals surface area contributed by atoms with Crippen LogP contribution >= 0.6 is 0 Å². The van der Waals surface area contributed by atoms with Crippen LogP contribution in [0.3, 0.4) is 0 Å². The summed E-state index contributed by atoms with van der Waals surface area (Å²) in [5, 5.41) is 25.2. The normalized spacial score (nSPS) is 12.6. The van der Waals surface area contributed by atoms with E-state index < -0.39 is 29.9 Å². The van der Waals surface area contributed by atoms with E-state index in [0.29, 0.717) is 30.3 Å². The average molecular weight is 516 g/mol. The van der Waals surface area contributed by atoms with Crippen LogP contribution in [0.2, 0.25) is 0 Å². The van der Waals surface area contributed by atoms with E-state index in [-0.39, 0.29) is 23.1 Å². The van der Waals surface area contributed by atoms with Gasteiger partial charge in [0.1, 0.15) is 11.5 Å². The Hall–Kier alpha value is -4.49. The number of hydrogen-bond acceptors (Lipinski definition) is 9. The smallest absolute Gasteiger partial charge is 0.404 e. The van der Waals surface area contributed by atoms with Gasteiger partial charge in [-0.25, -0.2) is 23.8 Å². The van der Waals surface area contributed by atoms with Crippen molar-refractivity contribution in [2.45, 2.75) is 46.2 Å². The summed E-state index contributed by atoms with van der Waals surface area (Å²) in [5.41, 5.74) is 6.16. The Morgan fingerprint density at radius 3 is 2.59 bits per heavy atom. The van der Waals surface area contributed by atoms with Crippen molar-refractivity contribution in [1.29, 1.82) is 0 Å². The summed E-state index contributed by atoms with van der Waals surface area (Å²) in [6.07, 6.45) is 3.88. The molecule has 0 aliphatic carbocycles. The first-order chi connectivity index (χ1) is 17.6. The molecule has 0 fully saturated rings. The van der Waals surface area contributed by atoms with Gasteiger partial charge in [-0.2, -0.15) is 0 Å². The third-order valence-electron chi connectivity index (χ3n) is 5.29. The van der Waals surface area contributed by atoms with E-state index in [1.807, 2.05) is 20.8 Å². The predicted octanol–water partition coefficient (Wildman–Crippen LogP) is 2.92. The van der Waals surface area contributed by atoms with Crippen molar-refractivity contribution in [3.8, 4) is 11.6 Å². The average Bonchev–Trinajstić information content (AvgIpc) is 3.35. The molecule has 3 rings (SSSR count). The molecule has 2 amide bonds. The molecule has 0 saturated heterocycles. The largest absolute Gasteiger partial charge is 0.476 e. The van der Waals surface area contributed by atoms with Crippen LogP contribution in [0.1, 0.15) is 44.5 Å². The van der Waals surface area contributed by atoms with Gasteiger partial charge in [0.2, 0.25) is 5.88 Å². The molecule has 0 spiro atoms. The third-order valence-corrected chi connectivity index (χ3v) is 5.29. The lowest BCUT2D eigenvalue weighted by molar-refractivity contribution is 0.1000. The minimum Gasteiger partial charge on any atom is -0.476 e. The Bertz CT molecular complexity index is 1240. The van der Waals surface area contributed by atoms with Gasteiger partial charge in [0.25, 0.3) is 5.91 Å². The van der Waals surface area contributed by atoms with Crippen molar-refractivity contribution in [2.24, 2.45) is 11.7 Å². The number of amides is 2. The lowest BCUT2D eigenvalue weighted by Gasteiger charge is -2.27. The molecule has 0 aromatic carbocycles. The number of nitrogens with two attached hydrogens (primary N) is 1. The fourth-order valence-corrected chi connectivity index (χ4v) is 3.63. The first-order valence-electron chi connectivity index (χ1n) is 11.6. The van der Waals surface area contributed by atoms with Crippen LogP contribution in [0.5, 0.6) is 5.88 Å². The van der Waals surface area contributed by atoms with E-state index in [1.165, 1.54) is 17.1 Å². The first kappa shape index (κ1) is 27.1. The van der Waals surface area contributed by atoms with Crippen LogP contribution in [0, 0.1) is 11.7 Å². The molecule has 2 atom stereocenters. The van der Waals surface area contributed by atoms with E-state index in [2.05, 4.69) is 36.2 Å². The Labute approximate surface area is 212 Å². The third kappa shape index (κ3) is 7.02. The number of carbonyl (C=O) groups is 2. The second kappa shape index (κ2) is 12.0. The standard InChI is InChI=1S/C23H30FN9O4/c1-5-37-22-18(33-7-6-27-32-33)9-14(11-26-22)29-20-15(19(25)34)10-16(24)21(31-20)30-17(8-12(2)3)13(4)28-23(35)36/h6-7,9-13,17,28H,5,8H2,1-4H3,(H2,25,34)(H,35,36)(H2,29,30,31)/t13-,17-/m0/s1. The number of carboxylic acid groups (broad SMARTS) is 1. The maximum atomic E-state index is 15.0. The zero-order valence-electron chi connectivity index (χ0n) is 20.9. The van der Waals surface area contributed by atoms with Crippen LogP contribution in [0.15, 0.2) is 30.7 Å². The van der Waals surface area contributed by atoms with Crippen LogP contribution in [-0.4, -0.2) is 60.8 Å². The summed E-state index contributed by atoms with van der Waals surface area (Å²) < 4.78 is 22.0. The number of hydrogen-bond donors (Lipinski definition) is 5. The Morgan fingerprint density at radius 1 is 1.24 bits per heavy atom. The quantitative estimate of drug-likeness (QED) is 0.240. The van der Waals surface area contributed by atoms with E-state index in [0.717, 1.165) is 6.07 Å². The lowest BCUT2D eigenvalue weighted by Crippen LogP contribution is -2.45. The van der Waals surface area contributed by atoms with Crippen molar-refractivity contribution in [1.82, 2.24) is 30.3 Å². The maximum absolute atomic E-state index is 15.0. The maximum Gasteiger partial charge on any atom is 0.404 e. The van der Waals surface area contributed by atoms with Crippen molar-refractivity contribution in [3.05, 3.63) is 42.1 Å². The Morgan fingerprint density at radius 2 is 2.00 bits per heavy atom. The van der Waals surface area contributed by atoms with Gasteiger partial charge in [-0.05, 0) is 38.3 Å². The van der Waals surface area contributed by atoms with Crippen molar-refractivity contribution in [3.63, 3.8) is 0 Å². The zero-order valence-corrected chi connectivity index (χ0v) is 20.9. The highest BCUT2D eigenvalue weighted by Crippen LogP contribution is 2.28. The number of ether oxygens (including phenoxy) is 1. The lowest BCUT2D eigenvalue weighted by atomic mass is 9.98. The molecule has 3 aromatic rings. The van der Waals surface area contributed by atoms with E-state index >= 15 is 0 Å². The van der Waals surface area contributed by atoms with Crippen LogP contribution in [0.25, 0.3) is 5.69 Å². The van der Waals surface area contributed by atoms with E-state index in [1.54, 1.807) is 19.2 Å². The van der Waals surface area contributed by atoms with Gasteiger partial charge < -0.3 is 31.5 Å². The monoisotopic (exact) mass is 515 g/mol. The summed E-state index contributed by atoms with van der Waals surface area (Å²) in [7, 11) is 0. The van der Waals surface area contributed by atoms with Crippen molar-refractivity contribution < 1.29 is 23.8 Å². The van der Waals surface area contributed by atoms with E-state index in [9.17, 15) is 14.0 Å². The van der Waals surface area contributed by atoms with E-state index in [4.69, 9.17) is 15.6 Å². The number of rotatable bonds is 12. The molecule has 0 radical (unpaired) electrons. The second-order valence-corrected chi connectivity index (χ2v) is 8.65. The number of carbonyl (C=O) groups excluding carboxylic acids is 1. The van der Waals surface area contributed by atoms with Crippen LogP contribution < -0.4 is 26.4 Å². The molecule has 3 aromatic heterocycles. The van der Waals surface area contributed by atoms with Crippen molar-refractivity contribution >= 4 is 29.3 Å². The molecule has 6 N–H and O–H groups in total. The number of primary amides is 1. The number of anilines is 3. The molecule has 0 saturated carbocycles. The SMILES string of the molecule is CCOc1ncc(Nc2nc(N[C@@H](CC(C)C)[C@H](C)NC(=O)O)c(F)cc2C(N)=O)cc1-n1ccnn1. The summed E-state index contributed by atoms with van der Waals surface area (Å²) in [5.74, 6) is -1.42. The molecule has 0 aliphatic rings. The molecule has 13 nitrogen and oxygen atoms in total. The first-order valence-corrected chi connectivity index (χ1v) is 11.6. The zero-order chi connectivity index (χ0) is 27.1. The summed E-state index contributed by atoms with van der Waals surface area (Å²) in [6, 6.07) is 1.57. The highest BCUT2D eigenvalue weighted by Gasteiger charge is 2.24. The van der Waals surface area contributed by atoms with Gasteiger partial charge in [-0.3, -0.25) is 4.79 Å². The topological polar surface area (TPSA) is 182 Å². The second-order valence-electron chi connectivity index (χ2n) is 8.65. The minimum atomic E-state index is -1.20. The Balaban J connectivity index is 1.99. The predicted molar refractivity (Wildman–Crippen MR) is 134 cm³/mol. The Kier molecular flexibility index (Phi) is 8.77. The van der Waals surface area contributed by atoms with Crippen molar-refractivity contribution in [2.75, 3.05) is 17.2 Å². The van der Waals surface area contributed by atoms with Gasteiger partial charge in [-0.1, -0.05) is 19.1 Å². The molecule has 0 unspecified atom stereocenters. The van der Waals surface area contributed by atoms with Gasteiger partial charge >= 0.3 is 6.09 Å². The fourth-order valence-electron chi connectivity index (χ4n) is 3.63. The highest BCUT2D eigenvalue weighted by molar-refractivity contribution is 5.98. The number of halogens is 1. The molecule has 37 heavy (non-hydrogen) atoms. The van der Waals surface area contributed by atoms with Crippen LogP contribution in [-0.2, 0) is 0 Å². The summed E-state index contributed by atoms with van der Waals surface area (Å²) in [4.78, 5) is 31.8. The number of aromatic nitrogens is 5. The summed E-state index contributed by atoms with van der Waals surface area (Å²) >= 11 is 0. The highest BCUT2D eigenvalue weighted by atomic mass is 19.1. The molecule has 198 valence electrons. The number of pyridine rings is 2. The molecular weight excluding hydrogens is 485 g/mol. The molecule has 0 bridgehead atoms.